The standard InChI is InChI=1S/C19H19N3O5.ClH/c1-3-20-8-11-4-10-6-12-9(7-14(10)22(11)2)5-13-15(12)21-18(24)17(16(13)23)27-19(25)26;/h4,6-7,20H,3,5,8H2,1-2H3,(H,25,26)(H2,21,23,24);1H. The maximum atomic E-state index is 12.2. The number of aromatic nitrogens is 2. The number of aromatic amines is 1. The summed E-state index contributed by atoms with van der Waals surface area (Å²) in [4.78, 5) is 25.6. The van der Waals surface area contributed by atoms with Crippen molar-refractivity contribution in [2.75, 3.05) is 6.54 Å². The van der Waals surface area contributed by atoms with E-state index in [0.29, 0.717) is 17.7 Å². The van der Waals surface area contributed by atoms with Gasteiger partial charge in [-0.25, -0.2) is 4.79 Å². The average Bonchev–Trinajstić information content (AvgIpc) is 3.13. The van der Waals surface area contributed by atoms with E-state index in [-0.39, 0.29) is 12.4 Å². The number of halogens is 1. The van der Waals surface area contributed by atoms with Gasteiger partial charge in [-0.1, -0.05) is 6.92 Å². The van der Waals surface area contributed by atoms with Crippen molar-refractivity contribution in [1.29, 1.82) is 0 Å². The number of pyridine rings is 1. The zero-order valence-electron chi connectivity index (χ0n) is 15.3. The Bertz CT molecular complexity index is 1150. The van der Waals surface area contributed by atoms with Crippen LogP contribution in [0.1, 0.15) is 23.7 Å². The Kier molecular flexibility index (Phi) is 5.10. The fraction of sp³-hybridized carbons (Fsp3) is 0.263. The maximum Gasteiger partial charge on any atom is 0.511 e. The van der Waals surface area contributed by atoms with Crippen LogP contribution in [0.5, 0.6) is 11.5 Å². The Labute approximate surface area is 166 Å². The van der Waals surface area contributed by atoms with E-state index in [1.54, 1.807) is 0 Å². The summed E-state index contributed by atoms with van der Waals surface area (Å²) in [5.74, 6) is -1.02. The Hall–Kier alpha value is -2.97. The van der Waals surface area contributed by atoms with Gasteiger partial charge in [0.25, 0.3) is 5.56 Å². The van der Waals surface area contributed by atoms with E-state index in [4.69, 9.17) is 5.11 Å². The number of hydrogen-bond donors (Lipinski definition) is 4. The molecule has 0 bridgehead atoms. The molecule has 0 unspecified atom stereocenters. The molecule has 0 radical (unpaired) electrons. The predicted molar refractivity (Wildman–Crippen MR) is 107 cm³/mol. The van der Waals surface area contributed by atoms with Crippen molar-refractivity contribution in [3.63, 3.8) is 0 Å². The number of ether oxygens (including phenoxy) is 1. The van der Waals surface area contributed by atoms with Gasteiger partial charge in [-0.05, 0) is 30.3 Å². The van der Waals surface area contributed by atoms with Gasteiger partial charge < -0.3 is 29.8 Å². The summed E-state index contributed by atoms with van der Waals surface area (Å²) in [5.41, 5.74) is 4.17. The molecule has 3 aromatic rings. The summed E-state index contributed by atoms with van der Waals surface area (Å²) in [5, 5.41) is 23.5. The van der Waals surface area contributed by atoms with E-state index in [1.165, 1.54) is 0 Å². The second-order valence-corrected chi connectivity index (χ2v) is 6.57. The van der Waals surface area contributed by atoms with E-state index in [9.17, 15) is 14.7 Å². The van der Waals surface area contributed by atoms with Crippen LogP contribution in [0, 0.1) is 0 Å². The molecular weight excluding hydrogens is 386 g/mol. The highest BCUT2D eigenvalue weighted by Crippen LogP contribution is 2.43. The normalized spacial score (nSPS) is 11.8. The molecule has 0 atom stereocenters. The Morgan fingerprint density at radius 2 is 2.11 bits per heavy atom. The monoisotopic (exact) mass is 405 g/mol. The first-order chi connectivity index (χ1) is 12.9. The summed E-state index contributed by atoms with van der Waals surface area (Å²) in [6.45, 7) is 3.70. The molecule has 0 saturated heterocycles. The van der Waals surface area contributed by atoms with Crippen LogP contribution in [0.2, 0.25) is 0 Å². The van der Waals surface area contributed by atoms with E-state index in [0.717, 1.165) is 40.8 Å². The molecule has 2 heterocycles. The van der Waals surface area contributed by atoms with Crippen LogP contribution in [0.25, 0.3) is 22.2 Å². The number of nitrogens with zero attached hydrogens (tertiary/aromatic N) is 1. The van der Waals surface area contributed by atoms with Crippen LogP contribution >= 0.6 is 12.4 Å². The first kappa shape index (κ1) is 19.8. The highest BCUT2D eigenvalue weighted by molar-refractivity contribution is 5.91. The van der Waals surface area contributed by atoms with Crippen LogP contribution in [0.3, 0.4) is 0 Å². The predicted octanol–water partition coefficient (Wildman–Crippen LogP) is 2.73. The average molecular weight is 406 g/mol. The summed E-state index contributed by atoms with van der Waals surface area (Å²) in [7, 11) is 2.00. The number of benzene rings is 1. The van der Waals surface area contributed by atoms with Gasteiger partial charge in [0.15, 0.2) is 5.75 Å². The van der Waals surface area contributed by atoms with Crippen molar-refractivity contribution < 1.29 is 19.7 Å². The van der Waals surface area contributed by atoms with Gasteiger partial charge in [0, 0.05) is 47.7 Å². The molecule has 9 heteroatoms. The van der Waals surface area contributed by atoms with Gasteiger partial charge in [0.05, 0.1) is 5.69 Å². The molecule has 4 rings (SSSR count). The quantitative estimate of drug-likeness (QED) is 0.388. The van der Waals surface area contributed by atoms with Gasteiger partial charge in [-0.2, -0.15) is 0 Å². The smallest absolute Gasteiger partial charge is 0.504 e. The fourth-order valence-corrected chi connectivity index (χ4v) is 3.67. The minimum absolute atomic E-state index is 0. The van der Waals surface area contributed by atoms with Crippen molar-refractivity contribution in [3.05, 3.63) is 45.4 Å². The number of aryl methyl sites for hydroxylation is 1. The highest BCUT2D eigenvalue weighted by Gasteiger charge is 2.28. The molecule has 0 fully saturated rings. The lowest BCUT2D eigenvalue weighted by Gasteiger charge is -2.07. The topological polar surface area (TPSA) is 117 Å². The number of hydrogen-bond acceptors (Lipinski definition) is 5. The second-order valence-electron chi connectivity index (χ2n) is 6.57. The SMILES string of the molecule is CCNCc1cc2cc3c(cc2n1C)Cc1c-3[nH]c(=O)c(OC(=O)O)c1O.Cl. The Morgan fingerprint density at radius 3 is 2.79 bits per heavy atom. The van der Waals surface area contributed by atoms with Crippen molar-refractivity contribution in [2.45, 2.75) is 19.9 Å². The zero-order valence-corrected chi connectivity index (χ0v) is 16.1. The van der Waals surface area contributed by atoms with Crippen molar-refractivity contribution in [2.24, 2.45) is 7.05 Å². The van der Waals surface area contributed by atoms with Crippen molar-refractivity contribution in [1.82, 2.24) is 14.9 Å². The Balaban J connectivity index is 0.00000225. The summed E-state index contributed by atoms with van der Waals surface area (Å²) >= 11 is 0. The molecule has 8 nitrogen and oxygen atoms in total. The number of carbonyl (C=O) groups is 1. The van der Waals surface area contributed by atoms with Crippen LogP contribution in [-0.2, 0) is 20.0 Å². The summed E-state index contributed by atoms with van der Waals surface area (Å²) < 4.78 is 6.56. The molecule has 0 spiro atoms. The summed E-state index contributed by atoms with van der Waals surface area (Å²) in [6, 6.07) is 6.12. The molecule has 1 aliphatic carbocycles. The third-order valence-electron chi connectivity index (χ3n) is 5.00. The third-order valence-corrected chi connectivity index (χ3v) is 5.00. The van der Waals surface area contributed by atoms with Crippen LogP contribution in [0.15, 0.2) is 23.0 Å². The highest BCUT2D eigenvalue weighted by atomic mass is 35.5. The van der Waals surface area contributed by atoms with E-state index in [1.807, 2.05) is 19.2 Å². The molecule has 0 aliphatic heterocycles. The largest absolute Gasteiger partial charge is 0.511 e. The molecule has 148 valence electrons. The van der Waals surface area contributed by atoms with E-state index < -0.39 is 23.2 Å². The molecular formula is C19H20ClN3O5. The minimum atomic E-state index is -1.65. The number of H-pyrrole nitrogens is 1. The number of nitrogens with one attached hydrogen (secondary N) is 2. The summed E-state index contributed by atoms with van der Waals surface area (Å²) in [6.07, 6.45) is -1.27. The number of aromatic hydroxyl groups is 1. The third kappa shape index (κ3) is 3.00. The zero-order chi connectivity index (χ0) is 19.3. The van der Waals surface area contributed by atoms with Crippen molar-refractivity contribution >= 4 is 29.5 Å². The first-order valence-electron chi connectivity index (χ1n) is 8.62. The fourth-order valence-electron chi connectivity index (χ4n) is 3.67. The lowest BCUT2D eigenvalue weighted by atomic mass is 10.1. The van der Waals surface area contributed by atoms with Gasteiger partial charge in [0.1, 0.15) is 0 Å². The molecule has 4 N–H and O–H groups in total. The molecule has 1 aliphatic rings. The lowest BCUT2D eigenvalue weighted by molar-refractivity contribution is 0.142. The van der Waals surface area contributed by atoms with Gasteiger partial charge in [-0.3, -0.25) is 4.79 Å². The van der Waals surface area contributed by atoms with Crippen LogP contribution in [-0.4, -0.2) is 32.5 Å². The van der Waals surface area contributed by atoms with Gasteiger partial charge in [0.2, 0.25) is 5.75 Å². The molecule has 1 aromatic carbocycles. The van der Waals surface area contributed by atoms with Gasteiger partial charge in [-0.15, -0.1) is 12.4 Å². The second kappa shape index (κ2) is 7.21. The minimum Gasteiger partial charge on any atom is -0.504 e. The number of carboxylic acid groups (broad SMARTS) is 1. The Morgan fingerprint density at radius 1 is 1.36 bits per heavy atom. The maximum absolute atomic E-state index is 12.2. The van der Waals surface area contributed by atoms with Crippen LogP contribution in [0.4, 0.5) is 4.79 Å². The molecule has 0 amide bonds. The van der Waals surface area contributed by atoms with Crippen molar-refractivity contribution in [3.8, 4) is 22.8 Å². The number of fused-ring (bicyclic) bond motifs is 4. The molecule has 2 aromatic heterocycles. The van der Waals surface area contributed by atoms with E-state index in [2.05, 4.69) is 32.6 Å². The van der Waals surface area contributed by atoms with E-state index >= 15 is 0 Å². The molecule has 0 saturated carbocycles. The van der Waals surface area contributed by atoms with Crippen LogP contribution < -0.4 is 15.6 Å². The number of rotatable bonds is 4. The molecule has 28 heavy (non-hydrogen) atoms. The first-order valence-corrected chi connectivity index (χ1v) is 8.62. The van der Waals surface area contributed by atoms with Gasteiger partial charge >= 0.3 is 6.16 Å². The lowest BCUT2D eigenvalue weighted by Crippen LogP contribution is -2.16.